The smallest absolute Gasteiger partial charge is 0.169 e. The Morgan fingerprint density at radius 2 is 1.63 bits per heavy atom. The van der Waals surface area contributed by atoms with Crippen LogP contribution in [0.2, 0.25) is 0 Å². The molecule has 0 unspecified atom stereocenters. The van der Waals surface area contributed by atoms with Crippen LogP contribution >= 0.6 is 12.2 Å². The van der Waals surface area contributed by atoms with Gasteiger partial charge in [-0.25, -0.2) is 0 Å². The summed E-state index contributed by atoms with van der Waals surface area (Å²) in [5, 5.41) is 4.24. The van der Waals surface area contributed by atoms with E-state index in [4.69, 9.17) is 12.2 Å². The van der Waals surface area contributed by atoms with Crippen LogP contribution < -0.4 is 5.32 Å². The molecular weight excluding hydrogens is 254 g/mol. The summed E-state index contributed by atoms with van der Waals surface area (Å²) in [7, 11) is 0. The van der Waals surface area contributed by atoms with E-state index in [9.17, 15) is 0 Å². The van der Waals surface area contributed by atoms with Gasteiger partial charge in [-0.2, -0.15) is 0 Å². The third kappa shape index (κ3) is 3.60. The van der Waals surface area contributed by atoms with Gasteiger partial charge in [-0.3, -0.25) is 0 Å². The zero-order valence-corrected chi connectivity index (χ0v) is 12.8. The Morgan fingerprint density at radius 1 is 0.947 bits per heavy atom. The van der Waals surface area contributed by atoms with E-state index in [1.807, 2.05) is 0 Å². The molecule has 1 saturated carbocycles. The third-order valence-corrected chi connectivity index (χ3v) is 5.52. The number of piperidine rings is 1. The lowest BCUT2D eigenvalue weighted by Crippen LogP contribution is -2.41. The highest BCUT2D eigenvalue weighted by atomic mass is 32.1. The summed E-state index contributed by atoms with van der Waals surface area (Å²) in [6, 6.07) is 0. The van der Waals surface area contributed by atoms with Crippen molar-refractivity contribution >= 4 is 17.3 Å². The van der Waals surface area contributed by atoms with Crippen LogP contribution in [0.5, 0.6) is 0 Å². The quantitative estimate of drug-likeness (QED) is 0.795. The molecule has 3 nitrogen and oxygen atoms in total. The highest BCUT2D eigenvalue weighted by Crippen LogP contribution is 2.27. The second-order valence-corrected chi connectivity index (χ2v) is 6.96. The molecule has 3 fully saturated rings. The van der Waals surface area contributed by atoms with Crippen LogP contribution in [0.4, 0.5) is 0 Å². The molecule has 108 valence electrons. The largest absolute Gasteiger partial charge is 0.361 e. The van der Waals surface area contributed by atoms with Crippen LogP contribution in [0.3, 0.4) is 0 Å². The van der Waals surface area contributed by atoms with Crippen LogP contribution in [-0.2, 0) is 0 Å². The average molecular weight is 281 g/mol. The topological polar surface area (TPSA) is 18.5 Å². The fraction of sp³-hybridized carbons (Fsp3) is 0.933. The molecule has 1 N–H and O–H groups in total. The summed E-state index contributed by atoms with van der Waals surface area (Å²) < 4.78 is 0. The minimum atomic E-state index is 0.859. The molecule has 2 aliphatic heterocycles. The van der Waals surface area contributed by atoms with Crippen molar-refractivity contribution in [3.05, 3.63) is 0 Å². The summed E-state index contributed by atoms with van der Waals surface area (Å²) in [4.78, 5) is 5.08. The third-order valence-electron chi connectivity index (χ3n) is 5.12. The van der Waals surface area contributed by atoms with Crippen LogP contribution in [0.15, 0.2) is 0 Å². The van der Waals surface area contributed by atoms with Gasteiger partial charge in [0.1, 0.15) is 0 Å². The molecule has 0 spiro atoms. The summed E-state index contributed by atoms with van der Waals surface area (Å²) in [5.74, 6) is 1.87. The summed E-state index contributed by atoms with van der Waals surface area (Å²) in [5.41, 5.74) is 0. The Hall–Kier alpha value is -0.350. The van der Waals surface area contributed by atoms with E-state index < -0.39 is 0 Å². The molecule has 0 radical (unpaired) electrons. The molecule has 0 amide bonds. The van der Waals surface area contributed by atoms with Gasteiger partial charge in [0.15, 0.2) is 5.11 Å². The molecule has 0 atom stereocenters. The molecule has 2 heterocycles. The molecule has 3 aliphatic rings. The van der Waals surface area contributed by atoms with Crippen molar-refractivity contribution in [3.8, 4) is 0 Å². The first-order chi connectivity index (χ1) is 9.31. The SMILES string of the molecule is S=C1NCCN1CC1CCN(CC2CCCC2)CC1. The molecule has 0 aromatic heterocycles. The minimum Gasteiger partial charge on any atom is -0.361 e. The van der Waals surface area contributed by atoms with Crippen LogP contribution in [0, 0.1) is 11.8 Å². The van der Waals surface area contributed by atoms with E-state index in [-0.39, 0.29) is 0 Å². The fourth-order valence-electron chi connectivity index (χ4n) is 3.91. The predicted molar refractivity (Wildman–Crippen MR) is 83.3 cm³/mol. The first-order valence-corrected chi connectivity index (χ1v) is 8.47. The highest BCUT2D eigenvalue weighted by molar-refractivity contribution is 7.80. The number of nitrogens with one attached hydrogen (secondary N) is 1. The second kappa shape index (κ2) is 6.40. The monoisotopic (exact) mass is 281 g/mol. The van der Waals surface area contributed by atoms with Gasteiger partial charge in [-0.15, -0.1) is 0 Å². The van der Waals surface area contributed by atoms with E-state index >= 15 is 0 Å². The van der Waals surface area contributed by atoms with Crippen LogP contribution in [0.1, 0.15) is 38.5 Å². The lowest BCUT2D eigenvalue weighted by Gasteiger charge is -2.35. The molecule has 0 aromatic rings. The molecule has 3 rings (SSSR count). The molecule has 0 aromatic carbocycles. The van der Waals surface area contributed by atoms with E-state index in [0.29, 0.717) is 0 Å². The number of hydrogen-bond acceptors (Lipinski definition) is 2. The maximum atomic E-state index is 5.33. The average Bonchev–Trinajstić information content (AvgIpc) is 3.05. The van der Waals surface area contributed by atoms with Crippen molar-refractivity contribution in [3.63, 3.8) is 0 Å². The Balaban J connectivity index is 1.38. The maximum Gasteiger partial charge on any atom is 0.169 e. The number of hydrogen-bond donors (Lipinski definition) is 1. The van der Waals surface area contributed by atoms with Crippen molar-refractivity contribution in [2.75, 3.05) is 39.3 Å². The Morgan fingerprint density at radius 3 is 2.26 bits per heavy atom. The fourth-order valence-corrected chi connectivity index (χ4v) is 4.17. The van der Waals surface area contributed by atoms with Gasteiger partial charge in [0.2, 0.25) is 0 Å². The Labute approximate surface area is 122 Å². The van der Waals surface area contributed by atoms with Crippen molar-refractivity contribution in [1.82, 2.24) is 15.1 Å². The lowest BCUT2D eigenvalue weighted by atomic mass is 9.95. The minimum absolute atomic E-state index is 0.859. The first kappa shape index (κ1) is 13.6. The zero-order valence-electron chi connectivity index (χ0n) is 11.9. The Kier molecular flexibility index (Phi) is 4.59. The van der Waals surface area contributed by atoms with Gasteiger partial charge in [-0.1, -0.05) is 12.8 Å². The van der Waals surface area contributed by atoms with Crippen LogP contribution in [-0.4, -0.2) is 54.2 Å². The molecule has 4 heteroatoms. The highest BCUT2D eigenvalue weighted by Gasteiger charge is 2.26. The van der Waals surface area contributed by atoms with Gasteiger partial charge in [0, 0.05) is 26.2 Å². The standard InChI is InChI=1S/C15H27N3S/c19-15-16-7-10-18(15)12-14-5-8-17(9-6-14)11-13-3-1-2-4-13/h13-14H,1-12H2,(H,16,19). The summed E-state index contributed by atoms with van der Waals surface area (Å²) >= 11 is 5.33. The van der Waals surface area contributed by atoms with Gasteiger partial charge in [0.05, 0.1) is 0 Å². The summed E-state index contributed by atoms with van der Waals surface area (Å²) in [6.07, 6.45) is 8.64. The first-order valence-electron chi connectivity index (χ1n) is 8.06. The van der Waals surface area contributed by atoms with E-state index in [1.165, 1.54) is 64.7 Å². The van der Waals surface area contributed by atoms with Gasteiger partial charge >= 0.3 is 0 Å². The molecule has 0 bridgehead atoms. The summed E-state index contributed by atoms with van der Waals surface area (Å²) in [6.45, 7) is 7.34. The van der Waals surface area contributed by atoms with Gasteiger partial charge in [-0.05, 0) is 62.8 Å². The number of nitrogens with zero attached hydrogens (tertiary/aromatic N) is 2. The van der Waals surface area contributed by atoms with Crippen molar-refractivity contribution in [2.45, 2.75) is 38.5 Å². The Bertz CT molecular complexity index is 307. The molecule has 1 aliphatic carbocycles. The zero-order chi connectivity index (χ0) is 13.1. The number of rotatable bonds is 4. The predicted octanol–water partition coefficient (Wildman–Crippen LogP) is 2.08. The van der Waals surface area contributed by atoms with Crippen molar-refractivity contribution in [1.29, 1.82) is 0 Å². The number of thiocarbonyl (C=S) groups is 1. The number of likely N-dealkylation sites (tertiary alicyclic amines) is 1. The lowest BCUT2D eigenvalue weighted by molar-refractivity contribution is 0.149. The van der Waals surface area contributed by atoms with Crippen LogP contribution in [0.25, 0.3) is 0 Å². The molecule has 19 heavy (non-hydrogen) atoms. The second-order valence-electron chi connectivity index (χ2n) is 6.57. The normalized spacial score (nSPS) is 27.2. The van der Waals surface area contributed by atoms with Crippen molar-refractivity contribution < 1.29 is 0 Å². The molecular formula is C15H27N3S. The van der Waals surface area contributed by atoms with E-state index in [1.54, 1.807) is 0 Å². The van der Waals surface area contributed by atoms with Gasteiger partial charge < -0.3 is 15.1 Å². The maximum absolute atomic E-state index is 5.33. The van der Waals surface area contributed by atoms with Crippen molar-refractivity contribution in [2.24, 2.45) is 11.8 Å². The van der Waals surface area contributed by atoms with E-state index in [2.05, 4.69) is 15.1 Å². The van der Waals surface area contributed by atoms with Gasteiger partial charge in [0.25, 0.3) is 0 Å². The molecule has 2 saturated heterocycles. The van der Waals surface area contributed by atoms with E-state index in [0.717, 1.165) is 30.0 Å².